The van der Waals surface area contributed by atoms with Gasteiger partial charge in [0.2, 0.25) is 0 Å². The summed E-state index contributed by atoms with van der Waals surface area (Å²) in [6.45, 7) is 5.84. The second kappa shape index (κ2) is 3.09. The van der Waals surface area contributed by atoms with Gasteiger partial charge in [0.1, 0.15) is 5.60 Å². The zero-order valence-electron chi connectivity index (χ0n) is 7.56. The van der Waals surface area contributed by atoms with Crippen LogP contribution < -0.4 is 0 Å². The lowest BCUT2D eigenvalue weighted by molar-refractivity contribution is -0.144. The van der Waals surface area contributed by atoms with Crippen molar-refractivity contribution in [3.8, 4) is 0 Å². The molecule has 0 aliphatic carbocycles. The highest BCUT2D eigenvalue weighted by molar-refractivity contribution is 6.27. The van der Waals surface area contributed by atoms with Gasteiger partial charge in [0, 0.05) is 11.5 Å². The molecule has 1 aliphatic heterocycles. The summed E-state index contributed by atoms with van der Waals surface area (Å²) >= 11 is 5.54. The lowest BCUT2D eigenvalue weighted by Crippen LogP contribution is -2.27. The minimum Gasteiger partial charge on any atom is -0.456 e. The molecule has 1 unspecified atom stereocenters. The van der Waals surface area contributed by atoms with Crippen LogP contribution in [0.3, 0.4) is 0 Å². The highest BCUT2D eigenvalue weighted by atomic mass is 35.5. The first-order valence-electron chi connectivity index (χ1n) is 4.06. The molecule has 1 atom stereocenters. The van der Waals surface area contributed by atoms with E-state index in [2.05, 4.69) is 0 Å². The number of hydrogen-bond acceptors (Lipinski definition) is 2. The molecule has 3 heteroatoms. The van der Waals surface area contributed by atoms with Crippen LogP contribution >= 0.6 is 11.6 Å². The Balaban J connectivity index is 2.99. The number of carbonyl (C=O) groups excluding carboxylic acids is 1. The molecule has 0 bridgehead atoms. The average Bonchev–Trinajstić information content (AvgIpc) is 2.18. The Kier molecular flexibility index (Phi) is 2.47. The third-order valence-electron chi connectivity index (χ3n) is 2.33. The molecule has 0 aromatic carbocycles. The molecule has 0 spiro atoms. The molecule has 0 aromatic heterocycles. The molecule has 1 fully saturated rings. The van der Waals surface area contributed by atoms with E-state index in [1.165, 1.54) is 5.54 Å². The van der Waals surface area contributed by atoms with Crippen LogP contribution in [0, 0.1) is 5.92 Å². The summed E-state index contributed by atoms with van der Waals surface area (Å²) < 4.78 is 5.16. The van der Waals surface area contributed by atoms with E-state index in [0.29, 0.717) is 5.57 Å². The summed E-state index contributed by atoms with van der Waals surface area (Å²) in [5.74, 6) is -0.149. The minimum absolute atomic E-state index is 0.127. The Morgan fingerprint density at radius 1 is 1.67 bits per heavy atom. The number of ether oxygens (including phenoxy) is 1. The standard InChI is InChI=1S/C9H13ClO2/c1-4-7-6(5-10)8(11)12-9(7,2)3/h5,7H,4H2,1-3H3/b6-5-. The van der Waals surface area contributed by atoms with Gasteiger partial charge in [0.25, 0.3) is 0 Å². The average molecular weight is 189 g/mol. The van der Waals surface area contributed by atoms with Crippen molar-refractivity contribution in [3.05, 3.63) is 11.1 Å². The van der Waals surface area contributed by atoms with Gasteiger partial charge in [-0.2, -0.15) is 0 Å². The van der Waals surface area contributed by atoms with Gasteiger partial charge in [0.15, 0.2) is 0 Å². The summed E-state index contributed by atoms with van der Waals surface area (Å²) in [5, 5.41) is 0. The molecular formula is C9H13ClO2. The Labute approximate surface area is 77.5 Å². The highest BCUT2D eigenvalue weighted by Crippen LogP contribution is 2.38. The summed E-state index contributed by atoms with van der Waals surface area (Å²) in [4.78, 5) is 11.2. The van der Waals surface area contributed by atoms with Crippen molar-refractivity contribution in [3.63, 3.8) is 0 Å². The molecule has 12 heavy (non-hydrogen) atoms. The Hall–Kier alpha value is -0.500. The fraction of sp³-hybridized carbons (Fsp3) is 0.667. The fourth-order valence-electron chi connectivity index (χ4n) is 1.72. The van der Waals surface area contributed by atoms with Crippen LogP contribution in [0.1, 0.15) is 27.2 Å². The van der Waals surface area contributed by atoms with E-state index in [1.807, 2.05) is 20.8 Å². The predicted molar refractivity (Wildman–Crippen MR) is 47.9 cm³/mol. The van der Waals surface area contributed by atoms with E-state index in [9.17, 15) is 4.79 Å². The van der Waals surface area contributed by atoms with Gasteiger partial charge in [-0.15, -0.1) is 0 Å². The van der Waals surface area contributed by atoms with E-state index in [1.54, 1.807) is 0 Å². The van der Waals surface area contributed by atoms with Gasteiger partial charge in [-0.25, -0.2) is 4.79 Å². The number of rotatable bonds is 1. The van der Waals surface area contributed by atoms with Crippen molar-refractivity contribution in [2.24, 2.45) is 5.92 Å². The molecule has 2 nitrogen and oxygen atoms in total. The van der Waals surface area contributed by atoms with Crippen LogP contribution in [0.4, 0.5) is 0 Å². The van der Waals surface area contributed by atoms with Crippen molar-refractivity contribution in [2.75, 3.05) is 0 Å². The highest BCUT2D eigenvalue weighted by Gasteiger charge is 2.44. The number of esters is 1. The van der Waals surface area contributed by atoms with E-state index < -0.39 is 5.60 Å². The first-order chi connectivity index (χ1) is 5.53. The van der Waals surface area contributed by atoms with E-state index in [-0.39, 0.29) is 11.9 Å². The largest absolute Gasteiger partial charge is 0.456 e. The predicted octanol–water partition coefficient (Wildman–Crippen LogP) is 2.47. The maximum absolute atomic E-state index is 11.2. The molecule has 1 aliphatic rings. The smallest absolute Gasteiger partial charge is 0.335 e. The topological polar surface area (TPSA) is 26.3 Å². The van der Waals surface area contributed by atoms with Gasteiger partial charge in [0.05, 0.1) is 5.57 Å². The molecule has 0 saturated carbocycles. The summed E-state index contributed by atoms with van der Waals surface area (Å²) in [6, 6.07) is 0. The molecule has 1 saturated heterocycles. The van der Waals surface area contributed by atoms with Crippen LogP contribution in [-0.2, 0) is 9.53 Å². The molecular weight excluding hydrogens is 176 g/mol. The van der Waals surface area contributed by atoms with E-state index in [4.69, 9.17) is 16.3 Å². The van der Waals surface area contributed by atoms with Crippen LogP contribution in [0.2, 0.25) is 0 Å². The molecule has 1 heterocycles. The zero-order valence-corrected chi connectivity index (χ0v) is 8.31. The third kappa shape index (κ3) is 1.36. The summed E-state index contributed by atoms with van der Waals surface area (Å²) in [5.41, 5.74) is 1.54. The van der Waals surface area contributed by atoms with Gasteiger partial charge >= 0.3 is 5.97 Å². The molecule has 1 rings (SSSR count). The number of carbonyl (C=O) groups is 1. The first-order valence-corrected chi connectivity index (χ1v) is 4.50. The minimum atomic E-state index is -0.396. The number of hydrogen-bond donors (Lipinski definition) is 0. The SMILES string of the molecule is CCC1/C(=C/Cl)C(=O)OC1(C)C. The van der Waals surface area contributed by atoms with Crippen LogP contribution in [0.15, 0.2) is 11.1 Å². The molecule has 0 amide bonds. The lowest BCUT2D eigenvalue weighted by Gasteiger charge is -2.23. The van der Waals surface area contributed by atoms with Gasteiger partial charge in [-0.1, -0.05) is 18.5 Å². The van der Waals surface area contributed by atoms with Crippen LogP contribution in [0.5, 0.6) is 0 Å². The number of cyclic esters (lactones) is 1. The summed E-state index contributed by atoms with van der Waals surface area (Å²) in [6.07, 6.45) is 0.872. The maximum atomic E-state index is 11.2. The van der Waals surface area contributed by atoms with Crippen molar-refractivity contribution in [1.29, 1.82) is 0 Å². The van der Waals surface area contributed by atoms with Crippen molar-refractivity contribution in [2.45, 2.75) is 32.8 Å². The Morgan fingerprint density at radius 2 is 2.25 bits per heavy atom. The van der Waals surface area contributed by atoms with Crippen molar-refractivity contribution in [1.82, 2.24) is 0 Å². The lowest BCUT2D eigenvalue weighted by atomic mass is 9.86. The van der Waals surface area contributed by atoms with Crippen molar-refractivity contribution < 1.29 is 9.53 Å². The van der Waals surface area contributed by atoms with E-state index in [0.717, 1.165) is 6.42 Å². The maximum Gasteiger partial charge on any atom is 0.335 e. The molecule has 0 radical (unpaired) electrons. The molecule has 68 valence electrons. The quantitative estimate of drug-likeness (QED) is 0.467. The van der Waals surface area contributed by atoms with E-state index >= 15 is 0 Å². The monoisotopic (exact) mass is 188 g/mol. The normalized spacial score (nSPS) is 30.8. The van der Waals surface area contributed by atoms with Gasteiger partial charge in [-0.3, -0.25) is 0 Å². The zero-order chi connectivity index (χ0) is 9.35. The molecule has 0 N–H and O–H groups in total. The second-order valence-corrected chi connectivity index (χ2v) is 3.74. The third-order valence-corrected chi connectivity index (χ3v) is 2.57. The van der Waals surface area contributed by atoms with Gasteiger partial charge < -0.3 is 4.74 Å². The Morgan fingerprint density at radius 3 is 2.58 bits per heavy atom. The number of halogens is 1. The summed E-state index contributed by atoms with van der Waals surface area (Å²) in [7, 11) is 0. The van der Waals surface area contributed by atoms with Crippen LogP contribution in [0.25, 0.3) is 0 Å². The molecule has 0 aromatic rings. The first kappa shape index (κ1) is 9.59. The fourth-order valence-corrected chi connectivity index (χ4v) is 1.96. The van der Waals surface area contributed by atoms with Gasteiger partial charge in [-0.05, 0) is 20.3 Å². The van der Waals surface area contributed by atoms with Crippen LogP contribution in [-0.4, -0.2) is 11.6 Å². The Bertz CT molecular complexity index is 231. The van der Waals surface area contributed by atoms with Crippen molar-refractivity contribution >= 4 is 17.6 Å². The second-order valence-electron chi connectivity index (χ2n) is 3.52.